The largest absolute Gasteiger partial charge is 0.446 e. The standard InChI is InChI=1S/C18H16BrN5O2S2/c1-10(2)24-16(12-7-8-14(19)26-12)22-23-18(24)27-9-15(25)21-17-20-11-5-3-4-6-13(11)28-17/h3-8,10H,9H2,1-2H3,(H,20,21,25). The molecule has 0 aliphatic rings. The van der Waals surface area contributed by atoms with E-state index in [1.165, 1.54) is 23.1 Å². The Morgan fingerprint density at radius 2 is 2.11 bits per heavy atom. The average Bonchev–Trinajstić information content (AvgIpc) is 3.36. The van der Waals surface area contributed by atoms with Crippen LogP contribution in [0, 0.1) is 0 Å². The molecule has 1 aromatic carbocycles. The molecule has 0 aliphatic heterocycles. The molecule has 1 amide bonds. The highest BCUT2D eigenvalue weighted by atomic mass is 79.9. The highest BCUT2D eigenvalue weighted by Gasteiger charge is 2.20. The van der Waals surface area contributed by atoms with E-state index in [9.17, 15) is 4.79 Å². The lowest BCUT2D eigenvalue weighted by Crippen LogP contribution is -2.14. The van der Waals surface area contributed by atoms with Crippen LogP contribution >= 0.6 is 39.0 Å². The minimum atomic E-state index is -0.135. The van der Waals surface area contributed by atoms with Crippen LogP contribution in [0.25, 0.3) is 21.8 Å². The van der Waals surface area contributed by atoms with Crippen LogP contribution in [0.5, 0.6) is 0 Å². The number of thioether (sulfide) groups is 1. The molecule has 10 heteroatoms. The van der Waals surface area contributed by atoms with Gasteiger partial charge in [-0.15, -0.1) is 10.2 Å². The average molecular weight is 478 g/mol. The predicted octanol–water partition coefficient (Wildman–Crippen LogP) is 5.22. The fourth-order valence-electron chi connectivity index (χ4n) is 2.65. The third kappa shape index (κ3) is 3.98. The second kappa shape index (κ2) is 8.06. The first kappa shape index (κ1) is 19.2. The van der Waals surface area contributed by atoms with E-state index in [0.717, 1.165) is 10.2 Å². The molecule has 4 rings (SSSR count). The molecule has 0 fully saturated rings. The summed E-state index contributed by atoms with van der Waals surface area (Å²) in [7, 11) is 0. The zero-order valence-electron chi connectivity index (χ0n) is 15.0. The van der Waals surface area contributed by atoms with Gasteiger partial charge in [0.05, 0.1) is 16.0 Å². The maximum absolute atomic E-state index is 12.4. The molecule has 0 atom stereocenters. The van der Waals surface area contributed by atoms with Gasteiger partial charge in [0.15, 0.2) is 20.7 Å². The van der Waals surface area contributed by atoms with Gasteiger partial charge in [0.25, 0.3) is 0 Å². The molecule has 0 unspecified atom stereocenters. The lowest BCUT2D eigenvalue weighted by molar-refractivity contribution is -0.113. The third-order valence-electron chi connectivity index (χ3n) is 3.85. The molecule has 4 aromatic rings. The van der Waals surface area contributed by atoms with Crippen molar-refractivity contribution in [3.8, 4) is 11.6 Å². The Morgan fingerprint density at radius 3 is 2.82 bits per heavy atom. The monoisotopic (exact) mass is 477 g/mol. The van der Waals surface area contributed by atoms with Crippen molar-refractivity contribution < 1.29 is 9.21 Å². The minimum absolute atomic E-state index is 0.115. The normalized spacial score (nSPS) is 11.4. The molecule has 3 aromatic heterocycles. The van der Waals surface area contributed by atoms with E-state index in [1.54, 1.807) is 0 Å². The van der Waals surface area contributed by atoms with Crippen LogP contribution in [0.1, 0.15) is 19.9 Å². The topological polar surface area (TPSA) is 85.8 Å². The first-order valence-corrected chi connectivity index (χ1v) is 11.1. The number of hydrogen-bond acceptors (Lipinski definition) is 7. The maximum atomic E-state index is 12.4. The Morgan fingerprint density at radius 1 is 1.29 bits per heavy atom. The number of halogens is 1. The number of para-hydroxylation sites is 1. The van der Waals surface area contributed by atoms with Crippen LogP contribution in [-0.2, 0) is 4.79 Å². The molecule has 0 aliphatic carbocycles. The van der Waals surface area contributed by atoms with Crippen molar-refractivity contribution in [1.29, 1.82) is 0 Å². The van der Waals surface area contributed by atoms with Gasteiger partial charge in [0.1, 0.15) is 0 Å². The van der Waals surface area contributed by atoms with Crippen molar-refractivity contribution in [3.05, 3.63) is 41.1 Å². The smallest absolute Gasteiger partial charge is 0.236 e. The molecule has 7 nitrogen and oxygen atoms in total. The van der Waals surface area contributed by atoms with Crippen molar-refractivity contribution in [2.24, 2.45) is 0 Å². The molecule has 0 saturated heterocycles. The summed E-state index contributed by atoms with van der Waals surface area (Å²) in [5.74, 6) is 1.33. The van der Waals surface area contributed by atoms with Gasteiger partial charge in [-0.3, -0.25) is 9.36 Å². The van der Waals surface area contributed by atoms with E-state index in [1.807, 2.05) is 54.8 Å². The molecular weight excluding hydrogens is 462 g/mol. The number of nitrogens with zero attached hydrogens (tertiary/aromatic N) is 4. The van der Waals surface area contributed by atoms with Crippen molar-refractivity contribution >= 4 is 60.3 Å². The zero-order valence-corrected chi connectivity index (χ0v) is 18.3. The fraction of sp³-hybridized carbons (Fsp3) is 0.222. The van der Waals surface area contributed by atoms with E-state index in [4.69, 9.17) is 4.42 Å². The summed E-state index contributed by atoms with van der Waals surface area (Å²) in [6, 6.07) is 11.6. The number of carbonyl (C=O) groups is 1. The Bertz CT molecular complexity index is 1100. The van der Waals surface area contributed by atoms with E-state index in [0.29, 0.717) is 26.5 Å². The fourth-order valence-corrected chi connectivity index (χ4v) is 4.71. The third-order valence-corrected chi connectivity index (χ3v) is 6.17. The molecule has 28 heavy (non-hydrogen) atoms. The quantitative estimate of drug-likeness (QED) is 0.383. The van der Waals surface area contributed by atoms with Gasteiger partial charge in [-0.2, -0.15) is 0 Å². The second-order valence-electron chi connectivity index (χ2n) is 6.20. The van der Waals surface area contributed by atoms with Gasteiger partial charge in [0.2, 0.25) is 11.7 Å². The van der Waals surface area contributed by atoms with Gasteiger partial charge < -0.3 is 9.73 Å². The lowest BCUT2D eigenvalue weighted by atomic mass is 10.3. The maximum Gasteiger partial charge on any atom is 0.236 e. The van der Waals surface area contributed by atoms with E-state index in [-0.39, 0.29) is 17.7 Å². The van der Waals surface area contributed by atoms with Gasteiger partial charge in [0, 0.05) is 6.04 Å². The van der Waals surface area contributed by atoms with Crippen molar-refractivity contribution in [1.82, 2.24) is 19.7 Å². The summed E-state index contributed by atoms with van der Waals surface area (Å²) in [6.45, 7) is 4.08. The summed E-state index contributed by atoms with van der Waals surface area (Å²) in [5, 5.41) is 12.6. The number of aromatic nitrogens is 4. The lowest BCUT2D eigenvalue weighted by Gasteiger charge is -2.12. The molecule has 0 radical (unpaired) electrons. The van der Waals surface area contributed by atoms with Gasteiger partial charge in [-0.25, -0.2) is 4.98 Å². The van der Waals surface area contributed by atoms with Crippen LogP contribution in [0.2, 0.25) is 0 Å². The Labute approximate surface area is 177 Å². The SMILES string of the molecule is CC(C)n1c(SCC(=O)Nc2nc3ccccc3s2)nnc1-c1ccc(Br)o1. The second-order valence-corrected chi connectivity index (χ2v) is 8.95. The highest BCUT2D eigenvalue weighted by molar-refractivity contribution is 9.10. The molecule has 0 spiro atoms. The Kier molecular flexibility index (Phi) is 5.51. The molecule has 144 valence electrons. The number of anilines is 1. The van der Waals surface area contributed by atoms with Crippen molar-refractivity contribution in [2.75, 3.05) is 11.1 Å². The van der Waals surface area contributed by atoms with Gasteiger partial charge in [-0.05, 0) is 54.0 Å². The Hall–Kier alpha value is -2.17. The van der Waals surface area contributed by atoms with Crippen molar-refractivity contribution in [3.63, 3.8) is 0 Å². The predicted molar refractivity (Wildman–Crippen MR) is 115 cm³/mol. The number of amides is 1. The number of thiazole rings is 1. The molecule has 0 saturated carbocycles. The number of rotatable bonds is 6. The number of fused-ring (bicyclic) bond motifs is 1. The van der Waals surface area contributed by atoms with Crippen LogP contribution in [0.15, 0.2) is 50.6 Å². The number of nitrogens with one attached hydrogen (secondary N) is 1. The number of benzene rings is 1. The van der Waals surface area contributed by atoms with Crippen LogP contribution in [-0.4, -0.2) is 31.4 Å². The number of furan rings is 1. The molecule has 1 N–H and O–H groups in total. The van der Waals surface area contributed by atoms with Crippen molar-refractivity contribution in [2.45, 2.75) is 25.0 Å². The summed E-state index contributed by atoms with van der Waals surface area (Å²) in [6.07, 6.45) is 0. The molecule has 3 heterocycles. The van der Waals surface area contributed by atoms with E-state index >= 15 is 0 Å². The Balaban J connectivity index is 1.46. The van der Waals surface area contributed by atoms with Crippen LogP contribution in [0.4, 0.5) is 5.13 Å². The summed E-state index contributed by atoms with van der Waals surface area (Å²) in [5.41, 5.74) is 0.879. The number of hydrogen-bond donors (Lipinski definition) is 1. The van der Waals surface area contributed by atoms with E-state index < -0.39 is 0 Å². The first-order chi connectivity index (χ1) is 13.5. The van der Waals surface area contributed by atoms with E-state index in [2.05, 4.69) is 36.4 Å². The van der Waals surface area contributed by atoms with Crippen LogP contribution in [0.3, 0.4) is 0 Å². The summed E-state index contributed by atoms with van der Waals surface area (Å²) in [4.78, 5) is 16.8. The number of carbonyl (C=O) groups excluding carboxylic acids is 1. The molecular formula is C18H16BrN5O2S2. The summed E-state index contributed by atoms with van der Waals surface area (Å²) < 4.78 is 9.24. The first-order valence-electron chi connectivity index (χ1n) is 8.50. The van der Waals surface area contributed by atoms with Crippen LogP contribution < -0.4 is 5.32 Å². The highest BCUT2D eigenvalue weighted by Crippen LogP contribution is 2.30. The van der Waals surface area contributed by atoms with Gasteiger partial charge >= 0.3 is 0 Å². The zero-order chi connectivity index (χ0) is 19.7. The van der Waals surface area contributed by atoms with Gasteiger partial charge in [-0.1, -0.05) is 35.2 Å². The molecule has 0 bridgehead atoms. The summed E-state index contributed by atoms with van der Waals surface area (Å²) >= 11 is 6.09. The minimum Gasteiger partial charge on any atom is -0.446 e.